The summed E-state index contributed by atoms with van der Waals surface area (Å²) in [7, 11) is 3.37. The maximum absolute atomic E-state index is 11.3. The Hall–Kier alpha value is -1.91. The molecule has 5 heteroatoms. The van der Waals surface area contributed by atoms with Crippen molar-refractivity contribution in [1.29, 1.82) is 0 Å². The highest BCUT2D eigenvalue weighted by Crippen LogP contribution is 2.34. The molecule has 1 amide bonds. The third-order valence-electron chi connectivity index (χ3n) is 2.21. The van der Waals surface area contributed by atoms with Gasteiger partial charge < -0.3 is 19.1 Å². The second kappa shape index (κ2) is 4.30. The van der Waals surface area contributed by atoms with Crippen molar-refractivity contribution in [1.82, 2.24) is 4.90 Å². The highest BCUT2D eigenvalue weighted by Gasteiger charge is 2.14. The third kappa shape index (κ3) is 2.18. The zero-order valence-electron chi connectivity index (χ0n) is 9.23. The van der Waals surface area contributed by atoms with E-state index in [4.69, 9.17) is 14.2 Å². The number of amides is 1. The molecule has 0 atom stereocenters. The second-order valence-corrected chi connectivity index (χ2v) is 3.59. The molecule has 1 aliphatic heterocycles. The van der Waals surface area contributed by atoms with Crippen LogP contribution in [-0.4, -0.2) is 38.3 Å². The van der Waals surface area contributed by atoms with Gasteiger partial charge in [0.1, 0.15) is 5.75 Å². The number of ether oxygens (including phenoxy) is 3. The van der Waals surface area contributed by atoms with Gasteiger partial charge in [-0.3, -0.25) is 4.79 Å². The van der Waals surface area contributed by atoms with Crippen LogP contribution >= 0.6 is 0 Å². The van der Waals surface area contributed by atoms with Gasteiger partial charge in [0, 0.05) is 20.2 Å². The Morgan fingerprint density at radius 3 is 2.88 bits per heavy atom. The van der Waals surface area contributed by atoms with Gasteiger partial charge in [-0.05, 0) is 12.1 Å². The lowest BCUT2D eigenvalue weighted by Gasteiger charge is -2.11. The Balaban J connectivity index is 1.98. The molecule has 1 heterocycles. The quantitative estimate of drug-likeness (QED) is 0.763. The summed E-state index contributed by atoms with van der Waals surface area (Å²) in [5.74, 6) is 1.86. The van der Waals surface area contributed by atoms with Crippen molar-refractivity contribution in [3.05, 3.63) is 18.2 Å². The average molecular weight is 223 g/mol. The largest absolute Gasteiger partial charge is 0.484 e. The molecule has 0 fully saturated rings. The van der Waals surface area contributed by atoms with Crippen LogP contribution in [-0.2, 0) is 4.79 Å². The van der Waals surface area contributed by atoms with Crippen LogP contribution in [0.1, 0.15) is 0 Å². The molecular formula is C11H13NO4. The molecule has 2 rings (SSSR count). The van der Waals surface area contributed by atoms with Crippen LogP contribution in [0.25, 0.3) is 0 Å². The summed E-state index contributed by atoms with van der Waals surface area (Å²) in [4.78, 5) is 12.8. The van der Waals surface area contributed by atoms with Crippen LogP contribution in [0.4, 0.5) is 0 Å². The van der Waals surface area contributed by atoms with Gasteiger partial charge in [-0.1, -0.05) is 0 Å². The summed E-state index contributed by atoms with van der Waals surface area (Å²) in [6.07, 6.45) is 0. The fourth-order valence-corrected chi connectivity index (χ4v) is 1.24. The molecule has 1 aromatic carbocycles. The second-order valence-electron chi connectivity index (χ2n) is 3.59. The van der Waals surface area contributed by atoms with Gasteiger partial charge in [0.2, 0.25) is 6.79 Å². The lowest BCUT2D eigenvalue weighted by Crippen LogP contribution is -2.27. The number of nitrogens with zero attached hydrogens (tertiary/aromatic N) is 1. The number of hydrogen-bond acceptors (Lipinski definition) is 4. The molecule has 0 N–H and O–H groups in total. The fourth-order valence-electron chi connectivity index (χ4n) is 1.24. The summed E-state index contributed by atoms with van der Waals surface area (Å²) in [6.45, 7) is 0.252. The minimum atomic E-state index is -0.0855. The van der Waals surface area contributed by atoms with E-state index in [0.717, 1.165) is 0 Å². The van der Waals surface area contributed by atoms with Crippen molar-refractivity contribution >= 4 is 5.91 Å². The van der Waals surface area contributed by atoms with Crippen LogP contribution in [0.5, 0.6) is 17.2 Å². The number of rotatable bonds is 3. The van der Waals surface area contributed by atoms with Crippen molar-refractivity contribution in [2.45, 2.75) is 0 Å². The van der Waals surface area contributed by atoms with Crippen molar-refractivity contribution in [2.24, 2.45) is 0 Å². The molecule has 1 aromatic rings. The Morgan fingerprint density at radius 1 is 1.38 bits per heavy atom. The number of benzene rings is 1. The van der Waals surface area contributed by atoms with Gasteiger partial charge >= 0.3 is 0 Å². The zero-order valence-corrected chi connectivity index (χ0v) is 9.23. The first-order valence-corrected chi connectivity index (χ1v) is 4.89. The van der Waals surface area contributed by atoms with Crippen molar-refractivity contribution in [3.63, 3.8) is 0 Å². The van der Waals surface area contributed by atoms with Crippen LogP contribution in [0.3, 0.4) is 0 Å². The lowest BCUT2D eigenvalue weighted by atomic mass is 10.3. The lowest BCUT2D eigenvalue weighted by molar-refractivity contribution is -0.130. The maximum Gasteiger partial charge on any atom is 0.259 e. The van der Waals surface area contributed by atoms with E-state index in [2.05, 4.69) is 0 Å². The topological polar surface area (TPSA) is 48.0 Å². The smallest absolute Gasteiger partial charge is 0.259 e. The molecule has 1 aliphatic rings. The molecule has 0 radical (unpaired) electrons. The molecule has 0 aliphatic carbocycles. The molecule has 0 saturated heterocycles. The van der Waals surface area contributed by atoms with E-state index in [0.29, 0.717) is 17.2 Å². The first-order chi connectivity index (χ1) is 7.66. The van der Waals surface area contributed by atoms with E-state index in [9.17, 15) is 4.79 Å². The maximum atomic E-state index is 11.3. The fraction of sp³-hybridized carbons (Fsp3) is 0.364. The van der Waals surface area contributed by atoms with E-state index in [1.54, 1.807) is 32.3 Å². The van der Waals surface area contributed by atoms with E-state index in [-0.39, 0.29) is 19.3 Å². The number of fused-ring (bicyclic) bond motifs is 1. The van der Waals surface area contributed by atoms with Gasteiger partial charge in [0.25, 0.3) is 5.91 Å². The molecular weight excluding hydrogens is 210 g/mol. The Morgan fingerprint density at radius 2 is 2.12 bits per heavy atom. The molecule has 0 saturated carbocycles. The van der Waals surface area contributed by atoms with Crippen LogP contribution in [0.2, 0.25) is 0 Å². The summed E-state index contributed by atoms with van der Waals surface area (Å²) in [5, 5.41) is 0. The monoisotopic (exact) mass is 223 g/mol. The summed E-state index contributed by atoms with van der Waals surface area (Å²) >= 11 is 0. The SMILES string of the molecule is CN(C)C(=O)COc1ccc2c(c1)OCO2. The van der Waals surface area contributed by atoms with Gasteiger partial charge in [-0.15, -0.1) is 0 Å². The molecule has 5 nitrogen and oxygen atoms in total. The minimum absolute atomic E-state index is 0.0205. The summed E-state index contributed by atoms with van der Waals surface area (Å²) < 4.78 is 15.7. The zero-order chi connectivity index (χ0) is 11.5. The van der Waals surface area contributed by atoms with Crippen molar-refractivity contribution < 1.29 is 19.0 Å². The van der Waals surface area contributed by atoms with Crippen molar-refractivity contribution in [3.8, 4) is 17.2 Å². The Labute approximate surface area is 93.5 Å². The first kappa shape index (κ1) is 10.6. The Kier molecular flexibility index (Phi) is 2.85. The minimum Gasteiger partial charge on any atom is -0.484 e. The highest BCUT2D eigenvalue weighted by atomic mass is 16.7. The van der Waals surface area contributed by atoms with Gasteiger partial charge in [0.05, 0.1) is 0 Å². The van der Waals surface area contributed by atoms with E-state index >= 15 is 0 Å². The third-order valence-corrected chi connectivity index (χ3v) is 2.21. The standard InChI is InChI=1S/C11H13NO4/c1-12(2)11(13)6-14-8-3-4-9-10(5-8)16-7-15-9/h3-5H,6-7H2,1-2H3. The molecule has 0 spiro atoms. The highest BCUT2D eigenvalue weighted by molar-refractivity contribution is 5.77. The summed E-state index contributed by atoms with van der Waals surface area (Å²) in [5.41, 5.74) is 0. The predicted molar refractivity (Wildman–Crippen MR) is 56.8 cm³/mol. The normalized spacial score (nSPS) is 12.4. The van der Waals surface area contributed by atoms with Gasteiger partial charge in [-0.25, -0.2) is 0 Å². The molecule has 0 bridgehead atoms. The van der Waals surface area contributed by atoms with Crippen molar-refractivity contribution in [2.75, 3.05) is 27.5 Å². The summed E-state index contributed by atoms with van der Waals surface area (Å²) in [6, 6.07) is 5.22. The number of likely N-dealkylation sites (N-methyl/N-ethyl adjacent to an activating group) is 1. The molecule has 0 unspecified atom stereocenters. The van der Waals surface area contributed by atoms with Crippen LogP contribution < -0.4 is 14.2 Å². The number of carbonyl (C=O) groups excluding carboxylic acids is 1. The van der Waals surface area contributed by atoms with E-state index < -0.39 is 0 Å². The number of hydrogen-bond donors (Lipinski definition) is 0. The Bertz CT molecular complexity index is 403. The van der Waals surface area contributed by atoms with E-state index in [1.807, 2.05) is 0 Å². The van der Waals surface area contributed by atoms with Crippen LogP contribution in [0.15, 0.2) is 18.2 Å². The average Bonchev–Trinajstić information content (AvgIpc) is 2.72. The molecule has 0 aromatic heterocycles. The van der Waals surface area contributed by atoms with E-state index in [1.165, 1.54) is 4.90 Å². The van der Waals surface area contributed by atoms with Crippen LogP contribution in [0, 0.1) is 0 Å². The number of carbonyl (C=O) groups is 1. The van der Waals surface area contributed by atoms with Gasteiger partial charge in [-0.2, -0.15) is 0 Å². The van der Waals surface area contributed by atoms with Gasteiger partial charge in [0.15, 0.2) is 18.1 Å². The first-order valence-electron chi connectivity index (χ1n) is 4.89. The molecule has 86 valence electrons. The predicted octanol–water partition coefficient (Wildman–Crippen LogP) is 0.882. The molecule has 16 heavy (non-hydrogen) atoms.